The van der Waals surface area contributed by atoms with E-state index >= 15 is 0 Å². The Morgan fingerprint density at radius 1 is 1.71 bits per heavy atom. The molecule has 0 N–H and O–H groups in total. The maximum Gasteiger partial charge on any atom is 0.0444 e. The molecule has 0 radical (unpaired) electrons. The molecule has 0 spiro atoms. The molecule has 0 unspecified atom stereocenters. The second-order valence-electron chi connectivity index (χ2n) is 2.11. The van der Waals surface area contributed by atoms with Crippen molar-refractivity contribution in [3.8, 4) is 0 Å². The van der Waals surface area contributed by atoms with E-state index in [1.54, 1.807) is 0 Å². The summed E-state index contributed by atoms with van der Waals surface area (Å²) in [6.07, 6.45) is 0. The smallest absolute Gasteiger partial charge is 0.0444 e. The maximum absolute atomic E-state index is 2.37. The van der Waals surface area contributed by atoms with Gasteiger partial charge in [-0.3, -0.25) is 4.90 Å². The predicted molar refractivity (Wildman–Crippen MR) is 34.5 cm³/mol. The third-order valence-electron chi connectivity index (χ3n) is 1.41. The van der Waals surface area contributed by atoms with Gasteiger partial charge in [-0.25, -0.2) is 0 Å². The standard InChI is InChI=1S/C5H11NS/c1-5-3-7-4-6(5)2/h5H,3-4H2,1-2H3/t5-/m0/s1. The Hall–Kier alpha value is 0.310. The molecule has 0 aliphatic carbocycles. The van der Waals surface area contributed by atoms with Gasteiger partial charge in [-0.2, -0.15) is 0 Å². The first kappa shape index (κ1) is 5.45. The summed E-state index contributed by atoms with van der Waals surface area (Å²) < 4.78 is 0. The summed E-state index contributed by atoms with van der Waals surface area (Å²) in [5, 5.41) is 0. The number of rotatable bonds is 0. The van der Waals surface area contributed by atoms with Gasteiger partial charge in [0.05, 0.1) is 0 Å². The van der Waals surface area contributed by atoms with E-state index in [4.69, 9.17) is 0 Å². The molecule has 0 amide bonds. The topological polar surface area (TPSA) is 3.24 Å². The van der Waals surface area contributed by atoms with Gasteiger partial charge in [-0.15, -0.1) is 11.8 Å². The third kappa shape index (κ3) is 1.10. The van der Waals surface area contributed by atoms with Crippen LogP contribution < -0.4 is 0 Å². The fourth-order valence-electron chi connectivity index (χ4n) is 0.622. The number of thioether (sulfide) groups is 1. The molecule has 1 aliphatic rings. The Labute approximate surface area is 49.1 Å². The molecule has 0 aromatic rings. The summed E-state index contributed by atoms with van der Waals surface area (Å²) >= 11 is 2.02. The quantitative estimate of drug-likeness (QED) is 0.466. The van der Waals surface area contributed by atoms with Crippen molar-refractivity contribution in [1.82, 2.24) is 4.90 Å². The average Bonchev–Trinajstić information content (AvgIpc) is 1.91. The molecule has 1 rings (SSSR count). The van der Waals surface area contributed by atoms with E-state index in [1.165, 1.54) is 11.6 Å². The highest BCUT2D eigenvalue weighted by Crippen LogP contribution is 2.16. The third-order valence-corrected chi connectivity index (χ3v) is 2.71. The van der Waals surface area contributed by atoms with Crippen LogP contribution >= 0.6 is 11.8 Å². The Morgan fingerprint density at radius 2 is 2.43 bits per heavy atom. The van der Waals surface area contributed by atoms with Crippen LogP contribution in [-0.2, 0) is 0 Å². The van der Waals surface area contributed by atoms with Crippen LogP contribution in [0.25, 0.3) is 0 Å². The minimum absolute atomic E-state index is 0.810. The van der Waals surface area contributed by atoms with Gasteiger partial charge in [-0.1, -0.05) is 0 Å². The molecule has 42 valence electrons. The minimum Gasteiger partial charge on any atom is -0.294 e. The monoisotopic (exact) mass is 117 g/mol. The molecule has 0 aromatic carbocycles. The first-order valence-corrected chi connectivity index (χ1v) is 3.74. The van der Waals surface area contributed by atoms with E-state index in [-0.39, 0.29) is 0 Å². The molecular formula is C5H11NS. The first-order valence-electron chi connectivity index (χ1n) is 2.58. The predicted octanol–water partition coefficient (Wildman–Crippen LogP) is 1.01. The summed E-state index contributed by atoms with van der Waals surface area (Å²) in [6.45, 7) is 2.26. The van der Waals surface area contributed by atoms with E-state index in [0.717, 1.165) is 6.04 Å². The van der Waals surface area contributed by atoms with Gasteiger partial charge in [0.25, 0.3) is 0 Å². The first-order chi connectivity index (χ1) is 3.30. The molecule has 1 heterocycles. The molecule has 1 aliphatic heterocycles. The van der Waals surface area contributed by atoms with Crippen molar-refractivity contribution in [3.63, 3.8) is 0 Å². The molecule has 1 fully saturated rings. The lowest BCUT2D eigenvalue weighted by molar-refractivity contribution is 0.344. The SMILES string of the molecule is C[C@H]1CSCN1C. The van der Waals surface area contributed by atoms with Gasteiger partial charge in [0.2, 0.25) is 0 Å². The molecule has 1 saturated heterocycles. The molecule has 2 heteroatoms. The maximum atomic E-state index is 2.37. The fraction of sp³-hybridized carbons (Fsp3) is 1.00. The van der Waals surface area contributed by atoms with E-state index in [0.29, 0.717) is 0 Å². The van der Waals surface area contributed by atoms with Gasteiger partial charge in [0.1, 0.15) is 0 Å². The van der Waals surface area contributed by atoms with Gasteiger partial charge >= 0.3 is 0 Å². The molecule has 1 atom stereocenters. The fourth-order valence-corrected chi connectivity index (χ4v) is 1.87. The zero-order valence-corrected chi connectivity index (χ0v) is 5.66. The van der Waals surface area contributed by atoms with E-state index in [9.17, 15) is 0 Å². The second-order valence-corrected chi connectivity index (χ2v) is 3.11. The lowest BCUT2D eigenvalue weighted by Crippen LogP contribution is -2.22. The Morgan fingerprint density at radius 3 is 2.57 bits per heavy atom. The van der Waals surface area contributed by atoms with E-state index < -0.39 is 0 Å². The van der Waals surface area contributed by atoms with Crippen molar-refractivity contribution in [3.05, 3.63) is 0 Å². The lowest BCUT2D eigenvalue weighted by atomic mass is 10.4. The number of nitrogens with zero attached hydrogens (tertiary/aromatic N) is 1. The van der Waals surface area contributed by atoms with Crippen molar-refractivity contribution >= 4 is 11.8 Å². The highest BCUT2D eigenvalue weighted by atomic mass is 32.2. The Balaban J connectivity index is 2.33. The Bertz CT molecular complexity index is 57.1. The molecule has 7 heavy (non-hydrogen) atoms. The lowest BCUT2D eigenvalue weighted by Gasteiger charge is -2.10. The van der Waals surface area contributed by atoms with Crippen LogP contribution in [0.1, 0.15) is 6.92 Å². The molecule has 0 bridgehead atoms. The second kappa shape index (κ2) is 2.05. The van der Waals surface area contributed by atoms with E-state index in [2.05, 4.69) is 18.9 Å². The van der Waals surface area contributed by atoms with Crippen LogP contribution in [0.3, 0.4) is 0 Å². The summed E-state index contributed by atoms with van der Waals surface area (Å²) in [5.41, 5.74) is 0. The van der Waals surface area contributed by atoms with Gasteiger partial charge in [0.15, 0.2) is 0 Å². The summed E-state index contributed by atoms with van der Waals surface area (Å²) in [7, 11) is 2.17. The highest BCUT2D eigenvalue weighted by Gasteiger charge is 2.14. The zero-order valence-electron chi connectivity index (χ0n) is 4.85. The van der Waals surface area contributed by atoms with Crippen molar-refractivity contribution in [1.29, 1.82) is 0 Å². The summed E-state index contributed by atoms with van der Waals surface area (Å²) in [6, 6.07) is 0.810. The van der Waals surface area contributed by atoms with Crippen molar-refractivity contribution < 1.29 is 0 Å². The van der Waals surface area contributed by atoms with Crippen LogP contribution in [0, 0.1) is 0 Å². The molecule has 0 aromatic heterocycles. The van der Waals surface area contributed by atoms with Gasteiger partial charge in [-0.05, 0) is 14.0 Å². The molecular weight excluding hydrogens is 106 g/mol. The van der Waals surface area contributed by atoms with Gasteiger partial charge in [0, 0.05) is 17.7 Å². The average molecular weight is 117 g/mol. The van der Waals surface area contributed by atoms with Crippen LogP contribution in [-0.4, -0.2) is 29.6 Å². The summed E-state index contributed by atoms with van der Waals surface area (Å²) in [5.74, 6) is 2.54. The largest absolute Gasteiger partial charge is 0.294 e. The zero-order chi connectivity index (χ0) is 5.28. The van der Waals surface area contributed by atoms with Gasteiger partial charge < -0.3 is 0 Å². The van der Waals surface area contributed by atoms with Crippen LogP contribution in [0.15, 0.2) is 0 Å². The van der Waals surface area contributed by atoms with Crippen LogP contribution in [0.5, 0.6) is 0 Å². The van der Waals surface area contributed by atoms with Crippen LogP contribution in [0.4, 0.5) is 0 Å². The molecule has 1 nitrogen and oxygen atoms in total. The normalized spacial score (nSPS) is 34.3. The Kier molecular flexibility index (Phi) is 1.60. The number of hydrogen-bond acceptors (Lipinski definition) is 2. The highest BCUT2D eigenvalue weighted by molar-refractivity contribution is 7.99. The minimum atomic E-state index is 0.810. The number of hydrogen-bond donors (Lipinski definition) is 0. The van der Waals surface area contributed by atoms with E-state index in [1.807, 2.05) is 11.8 Å². The van der Waals surface area contributed by atoms with Crippen LogP contribution in [0.2, 0.25) is 0 Å². The van der Waals surface area contributed by atoms with Crippen molar-refractivity contribution in [2.45, 2.75) is 13.0 Å². The van der Waals surface area contributed by atoms with Crippen molar-refractivity contribution in [2.24, 2.45) is 0 Å². The molecule has 0 saturated carbocycles. The summed E-state index contributed by atoms with van der Waals surface area (Å²) in [4.78, 5) is 2.37. The van der Waals surface area contributed by atoms with Crippen molar-refractivity contribution in [2.75, 3.05) is 18.7 Å².